The van der Waals surface area contributed by atoms with E-state index in [0.717, 1.165) is 32.8 Å². The highest BCUT2D eigenvalue weighted by atomic mass is 19.3. The number of rotatable bonds is 8. The van der Waals surface area contributed by atoms with Crippen LogP contribution in [0.15, 0.2) is 24.3 Å². The molecule has 1 aliphatic rings. The van der Waals surface area contributed by atoms with Gasteiger partial charge in [0.1, 0.15) is 5.75 Å². The predicted octanol–water partition coefficient (Wildman–Crippen LogP) is 1.97. The second kappa shape index (κ2) is 9.27. The summed E-state index contributed by atoms with van der Waals surface area (Å²) < 4.78 is 33.8. The molecule has 1 N–H and O–H groups in total. The molecule has 0 aliphatic carbocycles. The summed E-state index contributed by atoms with van der Waals surface area (Å²) in [6.07, 6.45) is -0.645. The molecule has 0 radical (unpaired) electrons. The smallest absolute Gasteiger partial charge is 0.387 e. The number of halogens is 2. The van der Waals surface area contributed by atoms with Crippen LogP contribution in [0, 0.1) is 0 Å². The molecule has 7 heteroatoms. The van der Waals surface area contributed by atoms with Crippen LogP contribution >= 0.6 is 0 Å². The van der Waals surface area contributed by atoms with Gasteiger partial charge in [-0.1, -0.05) is 12.1 Å². The quantitative estimate of drug-likeness (QED) is 0.781. The monoisotopic (exact) mass is 344 g/mol. The Morgan fingerprint density at radius 2 is 1.75 bits per heavy atom. The molecule has 0 aromatic heterocycles. The zero-order chi connectivity index (χ0) is 17.5. The number of hydrogen-bond acceptors (Lipinski definition) is 5. The average molecular weight is 344 g/mol. The minimum Gasteiger partial charge on any atom is -0.435 e. The molecule has 2 atom stereocenters. The number of ether oxygens (including phenoxy) is 2. The molecular weight excluding hydrogens is 318 g/mol. The summed E-state index contributed by atoms with van der Waals surface area (Å²) >= 11 is 0. The standard InChI is InChI=1S/C17H26F2N2O3/c1-13(12-23-2)21-9-7-20(8-10-21)11-16(22)14-3-5-15(6-4-14)24-17(18)19/h3-6,13,16-17,22H,7-12H2,1-2H3. The maximum absolute atomic E-state index is 12.1. The molecule has 5 nitrogen and oxygen atoms in total. The number of methoxy groups -OCH3 is 1. The van der Waals surface area contributed by atoms with E-state index in [-0.39, 0.29) is 5.75 Å². The summed E-state index contributed by atoms with van der Waals surface area (Å²) in [5, 5.41) is 10.3. The minimum absolute atomic E-state index is 0.0988. The van der Waals surface area contributed by atoms with Gasteiger partial charge in [0, 0.05) is 45.9 Å². The van der Waals surface area contributed by atoms with Crippen LogP contribution in [0.1, 0.15) is 18.6 Å². The lowest BCUT2D eigenvalue weighted by molar-refractivity contribution is -0.0498. The Labute approximate surface area is 141 Å². The first-order valence-electron chi connectivity index (χ1n) is 8.17. The molecule has 1 heterocycles. The Balaban J connectivity index is 1.79. The maximum Gasteiger partial charge on any atom is 0.387 e. The van der Waals surface area contributed by atoms with E-state index in [2.05, 4.69) is 21.5 Å². The van der Waals surface area contributed by atoms with Crippen molar-refractivity contribution < 1.29 is 23.4 Å². The van der Waals surface area contributed by atoms with Crippen LogP contribution in [0.3, 0.4) is 0 Å². The number of piperazine rings is 1. The van der Waals surface area contributed by atoms with Gasteiger partial charge in [-0.25, -0.2) is 0 Å². The maximum atomic E-state index is 12.1. The number of β-amino-alcohol motifs (C(OH)–C–C–N with tert-alkyl or cyclic N) is 1. The van der Waals surface area contributed by atoms with Crippen LogP contribution in [0.5, 0.6) is 5.75 Å². The highest BCUT2D eigenvalue weighted by Crippen LogP contribution is 2.20. The van der Waals surface area contributed by atoms with Gasteiger partial charge in [-0.05, 0) is 24.6 Å². The summed E-state index contributed by atoms with van der Waals surface area (Å²) in [6.45, 7) is 4.22. The third-order valence-corrected chi connectivity index (χ3v) is 4.36. The molecule has 1 aromatic rings. The lowest BCUT2D eigenvalue weighted by Crippen LogP contribution is -2.51. The molecule has 0 saturated carbocycles. The van der Waals surface area contributed by atoms with Gasteiger partial charge in [-0.3, -0.25) is 9.80 Å². The van der Waals surface area contributed by atoms with E-state index in [1.807, 2.05) is 0 Å². The second-order valence-electron chi connectivity index (χ2n) is 6.10. The first kappa shape index (κ1) is 19.1. The van der Waals surface area contributed by atoms with Gasteiger partial charge in [0.25, 0.3) is 0 Å². The third kappa shape index (κ3) is 5.66. The van der Waals surface area contributed by atoms with Crippen LogP contribution in [-0.4, -0.2) is 74.0 Å². The van der Waals surface area contributed by atoms with Crippen molar-refractivity contribution in [3.8, 4) is 5.75 Å². The lowest BCUT2D eigenvalue weighted by Gasteiger charge is -2.38. The molecule has 1 fully saturated rings. The van der Waals surface area contributed by atoms with Crippen molar-refractivity contribution in [3.63, 3.8) is 0 Å². The molecule has 1 aliphatic heterocycles. The van der Waals surface area contributed by atoms with Crippen molar-refractivity contribution in [3.05, 3.63) is 29.8 Å². The van der Waals surface area contributed by atoms with Gasteiger partial charge in [-0.15, -0.1) is 0 Å². The van der Waals surface area contributed by atoms with E-state index >= 15 is 0 Å². The minimum atomic E-state index is -2.84. The van der Waals surface area contributed by atoms with E-state index in [0.29, 0.717) is 18.2 Å². The van der Waals surface area contributed by atoms with Crippen molar-refractivity contribution in [2.75, 3.05) is 46.4 Å². The SMILES string of the molecule is COCC(C)N1CCN(CC(O)c2ccc(OC(F)F)cc2)CC1. The van der Waals surface area contributed by atoms with Crippen LogP contribution in [-0.2, 0) is 4.74 Å². The number of alkyl halides is 2. The lowest BCUT2D eigenvalue weighted by atomic mass is 10.1. The fourth-order valence-corrected chi connectivity index (χ4v) is 2.95. The average Bonchev–Trinajstić information content (AvgIpc) is 2.56. The summed E-state index contributed by atoms with van der Waals surface area (Å²) in [5.74, 6) is 0.0988. The number of hydrogen-bond donors (Lipinski definition) is 1. The fourth-order valence-electron chi connectivity index (χ4n) is 2.95. The number of aliphatic hydroxyl groups is 1. The third-order valence-electron chi connectivity index (χ3n) is 4.36. The highest BCUT2D eigenvalue weighted by Gasteiger charge is 2.22. The van der Waals surface area contributed by atoms with Crippen LogP contribution in [0.4, 0.5) is 8.78 Å². The molecule has 0 spiro atoms. The molecule has 2 unspecified atom stereocenters. The summed E-state index contributed by atoms with van der Waals surface area (Å²) in [6, 6.07) is 6.55. The topological polar surface area (TPSA) is 45.2 Å². The Morgan fingerprint density at radius 3 is 2.29 bits per heavy atom. The van der Waals surface area contributed by atoms with Gasteiger partial charge in [-0.2, -0.15) is 8.78 Å². The van der Waals surface area contributed by atoms with E-state index in [4.69, 9.17) is 4.74 Å². The molecule has 2 rings (SSSR count). The molecule has 1 aromatic carbocycles. The highest BCUT2D eigenvalue weighted by molar-refractivity contribution is 5.28. The largest absolute Gasteiger partial charge is 0.435 e. The van der Waals surface area contributed by atoms with E-state index in [1.54, 1.807) is 19.2 Å². The van der Waals surface area contributed by atoms with E-state index in [9.17, 15) is 13.9 Å². The molecule has 136 valence electrons. The fraction of sp³-hybridized carbons (Fsp3) is 0.647. The van der Waals surface area contributed by atoms with Crippen molar-refractivity contribution in [1.82, 2.24) is 9.80 Å². The zero-order valence-corrected chi connectivity index (χ0v) is 14.2. The summed E-state index contributed by atoms with van der Waals surface area (Å²) in [7, 11) is 1.71. The summed E-state index contributed by atoms with van der Waals surface area (Å²) in [5.41, 5.74) is 0.701. The van der Waals surface area contributed by atoms with E-state index in [1.165, 1.54) is 12.1 Å². The molecular formula is C17H26F2N2O3. The molecule has 1 saturated heterocycles. The Kier molecular flexibility index (Phi) is 7.36. The van der Waals surface area contributed by atoms with Crippen LogP contribution in [0.2, 0.25) is 0 Å². The Hall–Kier alpha value is -1.28. The van der Waals surface area contributed by atoms with Crippen LogP contribution < -0.4 is 4.74 Å². The van der Waals surface area contributed by atoms with Crippen molar-refractivity contribution >= 4 is 0 Å². The second-order valence-corrected chi connectivity index (χ2v) is 6.10. The Morgan fingerprint density at radius 1 is 1.12 bits per heavy atom. The predicted molar refractivity (Wildman–Crippen MR) is 87.4 cm³/mol. The molecule has 0 bridgehead atoms. The normalized spacial score (nSPS) is 19.4. The Bertz CT molecular complexity index is 479. The van der Waals surface area contributed by atoms with Crippen molar-refractivity contribution in [1.29, 1.82) is 0 Å². The van der Waals surface area contributed by atoms with Gasteiger partial charge in [0.2, 0.25) is 0 Å². The van der Waals surface area contributed by atoms with Gasteiger partial charge >= 0.3 is 6.61 Å². The van der Waals surface area contributed by atoms with Crippen molar-refractivity contribution in [2.45, 2.75) is 25.7 Å². The van der Waals surface area contributed by atoms with Gasteiger partial charge in [0.05, 0.1) is 12.7 Å². The van der Waals surface area contributed by atoms with Crippen molar-refractivity contribution in [2.24, 2.45) is 0 Å². The number of aliphatic hydroxyl groups excluding tert-OH is 1. The molecule has 24 heavy (non-hydrogen) atoms. The first-order chi connectivity index (χ1) is 11.5. The van der Waals surface area contributed by atoms with Gasteiger partial charge < -0.3 is 14.6 Å². The number of nitrogens with zero attached hydrogens (tertiary/aromatic N) is 2. The number of benzene rings is 1. The molecule has 0 amide bonds. The van der Waals surface area contributed by atoms with Crippen LogP contribution in [0.25, 0.3) is 0 Å². The summed E-state index contributed by atoms with van der Waals surface area (Å²) in [4.78, 5) is 4.59. The van der Waals surface area contributed by atoms with Gasteiger partial charge in [0.15, 0.2) is 0 Å². The zero-order valence-electron chi connectivity index (χ0n) is 14.2. The first-order valence-corrected chi connectivity index (χ1v) is 8.17. The van der Waals surface area contributed by atoms with E-state index < -0.39 is 12.7 Å².